The predicted octanol–water partition coefficient (Wildman–Crippen LogP) is -2.76. The normalized spacial score (nSPS) is 18.5. The molecule has 3 heterocycles. The topological polar surface area (TPSA) is 215 Å². The second-order valence-corrected chi connectivity index (χ2v) is 9.85. The quantitative estimate of drug-likeness (QED) is 0.0805. The molecule has 0 bridgehead atoms. The Labute approximate surface area is 241 Å². The Morgan fingerprint density at radius 3 is 2.49 bits per heavy atom. The van der Waals surface area contributed by atoms with Crippen molar-refractivity contribution in [2.75, 3.05) is 37.4 Å². The Morgan fingerprint density at radius 1 is 1.24 bits per heavy atom. The number of likely N-dealkylation sites (N-methyl/N-ethyl adjacent to an activating group) is 1. The molecule has 2 aliphatic rings. The van der Waals surface area contributed by atoms with Gasteiger partial charge in [-0.15, -0.1) is 22.9 Å². The number of nitrogens with zero attached hydrogens (tertiary/aromatic N) is 4. The first kappa shape index (κ1) is 30.9. The van der Waals surface area contributed by atoms with E-state index in [0.29, 0.717) is 4.90 Å². The van der Waals surface area contributed by atoms with E-state index in [1.165, 1.54) is 10.3 Å². The first-order valence-electron chi connectivity index (χ1n) is 10.2. The molecule has 1 aromatic rings. The summed E-state index contributed by atoms with van der Waals surface area (Å²) >= 11 is 6.33. The number of urea groups is 1. The standard InChI is InChI=1S/C17H20ClN7O9S2.Na.H/c1-2-23-3-4-24(15(30)14(23)29)17(31)22-11(9-7-35-16(20-9)21-10(26)5-18)12(27)19-8-6-25(13(8)28)36(32,33)34;;/h7-8,11H,2-6H2,1H3,(H,19,27)(H,22,31)(H,20,21,26)(H,32,33,34);;. The number of alkyl halides is 1. The fourth-order valence-corrected chi connectivity index (χ4v) is 4.75. The van der Waals surface area contributed by atoms with Crippen molar-refractivity contribution < 1.29 is 41.7 Å². The molecule has 4 N–H and O–H groups in total. The number of rotatable bonds is 8. The van der Waals surface area contributed by atoms with Gasteiger partial charge in [0.1, 0.15) is 11.9 Å². The van der Waals surface area contributed by atoms with Crippen LogP contribution in [-0.4, -0.2) is 135 Å². The number of piperazine rings is 1. The second-order valence-electron chi connectivity index (χ2n) is 7.39. The van der Waals surface area contributed by atoms with E-state index in [4.69, 9.17) is 16.2 Å². The van der Waals surface area contributed by atoms with Crippen molar-refractivity contribution in [2.24, 2.45) is 0 Å². The van der Waals surface area contributed by atoms with E-state index in [-0.39, 0.29) is 70.2 Å². The van der Waals surface area contributed by atoms with Gasteiger partial charge in [-0.3, -0.25) is 33.4 Å². The van der Waals surface area contributed by atoms with Gasteiger partial charge in [-0.1, -0.05) is 0 Å². The fourth-order valence-electron chi connectivity index (χ4n) is 3.24. The van der Waals surface area contributed by atoms with Crippen LogP contribution >= 0.6 is 22.9 Å². The average molecular weight is 590 g/mol. The van der Waals surface area contributed by atoms with Crippen molar-refractivity contribution in [3.8, 4) is 0 Å². The van der Waals surface area contributed by atoms with E-state index in [1.54, 1.807) is 6.92 Å². The third-order valence-corrected chi connectivity index (χ3v) is 7.04. The third kappa shape index (κ3) is 6.95. The van der Waals surface area contributed by atoms with Crippen LogP contribution in [-0.2, 0) is 34.3 Å². The number of β-lactam (4-membered cyclic amide) rings is 1. The van der Waals surface area contributed by atoms with Gasteiger partial charge in [0.2, 0.25) is 11.8 Å². The molecule has 2 atom stereocenters. The fraction of sp³-hybridized carbons (Fsp3) is 0.471. The van der Waals surface area contributed by atoms with Crippen LogP contribution in [0.5, 0.6) is 0 Å². The number of thiazole rings is 1. The summed E-state index contributed by atoms with van der Waals surface area (Å²) in [5, 5.41) is 8.20. The predicted molar refractivity (Wildman–Crippen MR) is 129 cm³/mol. The van der Waals surface area contributed by atoms with Crippen molar-refractivity contribution >= 4 is 103 Å². The monoisotopic (exact) mass is 589 g/mol. The molecule has 2 saturated heterocycles. The van der Waals surface area contributed by atoms with Gasteiger partial charge in [0.25, 0.3) is 5.91 Å². The number of aromatic nitrogens is 1. The van der Waals surface area contributed by atoms with Crippen LogP contribution in [0, 0.1) is 0 Å². The molecule has 0 radical (unpaired) electrons. The van der Waals surface area contributed by atoms with Gasteiger partial charge in [0.05, 0.1) is 12.2 Å². The van der Waals surface area contributed by atoms with Crippen LogP contribution in [0.3, 0.4) is 0 Å². The molecule has 2 fully saturated rings. The molecule has 1 aromatic heterocycles. The molecule has 198 valence electrons. The summed E-state index contributed by atoms with van der Waals surface area (Å²) in [5.74, 6) is -5.09. The molecule has 3 rings (SSSR count). The number of nitrogens with one attached hydrogen (secondary N) is 3. The minimum absolute atomic E-state index is 0. The van der Waals surface area contributed by atoms with E-state index in [0.717, 1.165) is 11.3 Å². The number of carbonyl (C=O) groups is 6. The average Bonchev–Trinajstić information content (AvgIpc) is 3.27. The summed E-state index contributed by atoms with van der Waals surface area (Å²) in [6, 6.07) is -4.04. The molecule has 0 aromatic carbocycles. The van der Waals surface area contributed by atoms with Crippen LogP contribution in [0.15, 0.2) is 5.38 Å². The van der Waals surface area contributed by atoms with E-state index in [1.807, 2.05) is 0 Å². The van der Waals surface area contributed by atoms with Crippen LogP contribution in [0.1, 0.15) is 18.7 Å². The molecule has 0 aliphatic carbocycles. The Kier molecular flexibility index (Phi) is 10.4. The van der Waals surface area contributed by atoms with Crippen molar-refractivity contribution in [3.63, 3.8) is 0 Å². The first-order valence-corrected chi connectivity index (χ1v) is 13.0. The number of carbonyl (C=O) groups excluding carboxylic acids is 6. The van der Waals surface area contributed by atoms with E-state index < -0.39 is 64.5 Å². The molecular formula is C17H21ClN7NaO9S2. The molecule has 7 amide bonds. The van der Waals surface area contributed by atoms with Crippen molar-refractivity contribution in [2.45, 2.75) is 19.0 Å². The summed E-state index contributed by atoms with van der Waals surface area (Å²) in [5.41, 5.74) is -0.0971. The molecule has 2 unspecified atom stereocenters. The Hall–Kier alpha value is -2.35. The summed E-state index contributed by atoms with van der Waals surface area (Å²) < 4.78 is 31.3. The SMILES string of the molecule is CCN1CCN(C(=O)NC(C(=O)NC2CN(S(=O)(=O)O)C2=O)c2csc(NC(=O)CCl)n2)C(=O)C1=O.[NaH]. The minimum atomic E-state index is -4.80. The maximum absolute atomic E-state index is 13.0. The first-order chi connectivity index (χ1) is 16.9. The van der Waals surface area contributed by atoms with Crippen LogP contribution in [0.25, 0.3) is 0 Å². The number of anilines is 1. The Morgan fingerprint density at radius 2 is 1.92 bits per heavy atom. The van der Waals surface area contributed by atoms with E-state index in [9.17, 15) is 37.2 Å². The van der Waals surface area contributed by atoms with E-state index in [2.05, 4.69) is 20.9 Å². The molecule has 20 heteroatoms. The Balaban J connectivity index is 0.00000481. The van der Waals surface area contributed by atoms with Gasteiger partial charge in [-0.05, 0) is 6.92 Å². The zero-order valence-corrected chi connectivity index (χ0v) is 20.9. The zero-order valence-electron chi connectivity index (χ0n) is 18.5. The maximum atomic E-state index is 13.0. The molecule has 0 spiro atoms. The zero-order chi connectivity index (χ0) is 26.8. The van der Waals surface area contributed by atoms with Gasteiger partial charge in [-0.2, -0.15) is 8.42 Å². The van der Waals surface area contributed by atoms with Gasteiger partial charge in [0.15, 0.2) is 11.2 Å². The third-order valence-electron chi connectivity index (χ3n) is 5.14. The molecule has 2 aliphatic heterocycles. The summed E-state index contributed by atoms with van der Waals surface area (Å²) in [7, 11) is -4.80. The molecule has 0 saturated carbocycles. The van der Waals surface area contributed by atoms with Crippen molar-refractivity contribution in [3.05, 3.63) is 11.1 Å². The summed E-state index contributed by atoms with van der Waals surface area (Å²) in [6.45, 7) is 1.31. The molecule has 37 heavy (non-hydrogen) atoms. The van der Waals surface area contributed by atoms with Gasteiger partial charge in [0, 0.05) is 25.0 Å². The van der Waals surface area contributed by atoms with Gasteiger partial charge >= 0.3 is 57.7 Å². The number of hydrogen-bond acceptors (Lipinski definition) is 10. The Bertz CT molecular complexity index is 1230. The number of imide groups is 1. The van der Waals surface area contributed by atoms with E-state index >= 15 is 0 Å². The van der Waals surface area contributed by atoms with Crippen LogP contribution in [0.2, 0.25) is 0 Å². The summed E-state index contributed by atoms with van der Waals surface area (Å²) in [4.78, 5) is 79.7. The number of halogens is 1. The second kappa shape index (κ2) is 12.5. The van der Waals surface area contributed by atoms with Gasteiger partial charge in [-0.25, -0.2) is 14.1 Å². The van der Waals surface area contributed by atoms with Gasteiger partial charge < -0.3 is 20.9 Å². The van der Waals surface area contributed by atoms with Crippen molar-refractivity contribution in [1.82, 2.24) is 29.7 Å². The summed E-state index contributed by atoms with van der Waals surface area (Å²) in [6.07, 6.45) is 0. The molecule has 16 nitrogen and oxygen atoms in total. The molecular weight excluding hydrogens is 569 g/mol. The number of amides is 7. The number of hydrogen-bond donors (Lipinski definition) is 4. The van der Waals surface area contributed by atoms with Crippen molar-refractivity contribution in [1.29, 1.82) is 0 Å². The van der Waals surface area contributed by atoms with Crippen LogP contribution < -0.4 is 16.0 Å². The van der Waals surface area contributed by atoms with Crippen LogP contribution in [0.4, 0.5) is 9.93 Å².